The van der Waals surface area contributed by atoms with Gasteiger partial charge >= 0.3 is 0 Å². The average Bonchev–Trinajstić information content (AvgIpc) is 3.51. The number of nitrogens with zero attached hydrogens (tertiary/aromatic N) is 4. The van der Waals surface area contributed by atoms with Gasteiger partial charge in [0, 0.05) is 28.4 Å². The molecule has 4 saturated carbocycles. The SMILES string of the molecule is O=C(Nc1nn(Cc2c(F)cccc2Cl)cc1Br)c1cn(-c2ccccc2)nc1C12CC3CC(CC(C3)C1)C2. The van der Waals surface area contributed by atoms with E-state index in [-0.39, 0.29) is 17.9 Å². The van der Waals surface area contributed by atoms with Gasteiger partial charge in [0.25, 0.3) is 5.91 Å². The minimum atomic E-state index is -0.395. The number of benzene rings is 2. The van der Waals surface area contributed by atoms with Crippen molar-refractivity contribution in [3.8, 4) is 5.69 Å². The quantitative estimate of drug-likeness (QED) is 0.248. The molecular formula is C30H28BrClFN5O. The van der Waals surface area contributed by atoms with Gasteiger partial charge in [0.2, 0.25) is 0 Å². The van der Waals surface area contributed by atoms with Crippen molar-refractivity contribution in [3.63, 3.8) is 0 Å². The van der Waals surface area contributed by atoms with Crippen LogP contribution in [0.5, 0.6) is 0 Å². The van der Waals surface area contributed by atoms with Gasteiger partial charge in [-0.25, -0.2) is 9.07 Å². The number of carbonyl (C=O) groups excluding carboxylic acids is 1. The van der Waals surface area contributed by atoms with Crippen molar-refractivity contribution in [1.29, 1.82) is 0 Å². The predicted molar refractivity (Wildman–Crippen MR) is 152 cm³/mol. The number of para-hydroxylation sites is 1. The molecule has 4 bridgehead atoms. The van der Waals surface area contributed by atoms with E-state index >= 15 is 0 Å². The Labute approximate surface area is 239 Å². The van der Waals surface area contributed by atoms with Crippen LogP contribution in [0.25, 0.3) is 5.69 Å². The smallest absolute Gasteiger partial charge is 0.260 e. The zero-order chi connectivity index (χ0) is 26.7. The van der Waals surface area contributed by atoms with Crippen LogP contribution in [0.4, 0.5) is 10.2 Å². The first-order chi connectivity index (χ1) is 18.9. The van der Waals surface area contributed by atoms with Crippen molar-refractivity contribution >= 4 is 39.3 Å². The summed E-state index contributed by atoms with van der Waals surface area (Å²) in [7, 11) is 0. The van der Waals surface area contributed by atoms with Gasteiger partial charge < -0.3 is 5.32 Å². The number of anilines is 1. The van der Waals surface area contributed by atoms with Crippen molar-refractivity contribution in [2.24, 2.45) is 17.8 Å². The van der Waals surface area contributed by atoms with Gasteiger partial charge in [-0.2, -0.15) is 10.2 Å². The van der Waals surface area contributed by atoms with Gasteiger partial charge in [0.05, 0.1) is 28.0 Å². The molecule has 39 heavy (non-hydrogen) atoms. The minimum Gasteiger partial charge on any atom is -0.304 e. The molecule has 0 saturated heterocycles. The third kappa shape index (κ3) is 4.51. The lowest BCUT2D eigenvalue weighted by atomic mass is 9.48. The van der Waals surface area contributed by atoms with Gasteiger partial charge in [-0.1, -0.05) is 35.9 Å². The lowest BCUT2D eigenvalue weighted by Crippen LogP contribution is -2.49. The highest BCUT2D eigenvalue weighted by Crippen LogP contribution is 2.61. The molecule has 6 nitrogen and oxygen atoms in total. The van der Waals surface area contributed by atoms with Gasteiger partial charge in [-0.05, 0) is 96.5 Å². The molecule has 9 heteroatoms. The summed E-state index contributed by atoms with van der Waals surface area (Å²) in [5.41, 5.74) is 2.73. The van der Waals surface area contributed by atoms with Crippen LogP contribution in [-0.2, 0) is 12.0 Å². The molecule has 4 aromatic rings. The summed E-state index contributed by atoms with van der Waals surface area (Å²) < 4.78 is 18.4. The van der Waals surface area contributed by atoms with E-state index in [9.17, 15) is 9.18 Å². The summed E-state index contributed by atoms with van der Waals surface area (Å²) in [5.74, 6) is 1.92. The molecule has 1 N–H and O–H groups in total. The number of aromatic nitrogens is 4. The summed E-state index contributed by atoms with van der Waals surface area (Å²) in [6.07, 6.45) is 10.8. The van der Waals surface area contributed by atoms with Crippen LogP contribution in [0.3, 0.4) is 0 Å². The standard InChI is InChI=1S/C30H28BrClFN5O/c31-24-17-37(15-22-25(32)7-4-8-26(22)33)36-28(24)34-29(39)23-16-38(21-5-2-1-3-6-21)35-27(23)30-12-18-9-19(13-30)11-20(10-18)14-30/h1-8,16-20H,9-15H2,(H,34,36,39). The van der Waals surface area contributed by atoms with Crippen LogP contribution >= 0.6 is 27.5 Å². The Hall–Kier alpha value is -2.97. The summed E-state index contributed by atoms with van der Waals surface area (Å²) in [6, 6.07) is 14.5. The second-order valence-corrected chi connectivity index (χ2v) is 12.8. The number of rotatable bonds is 6. The molecule has 0 atom stereocenters. The molecule has 8 rings (SSSR count). The Morgan fingerprint density at radius 1 is 1.00 bits per heavy atom. The molecule has 0 spiro atoms. The van der Waals surface area contributed by atoms with E-state index < -0.39 is 5.82 Å². The molecule has 2 aromatic carbocycles. The Bertz CT molecular complexity index is 1510. The molecule has 0 aliphatic heterocycles. The maximum Gasteiger partial charge on any atom is 0.260 e. The van der Waals surface area contributed by atoms with Crippen molar-refractivity contribution in [1.82, 2.24) is 19.6 Å². The summed E-state index contributed by atoms with van der Waals surface area (Å²) in [6.45, 7) is 0.143. The molecule has 4 fully saturated rings. The highest BCUT2D eigenvalue weighted by Gasteiger charge is 2.54. The minimum absolute atomic E-state index is 0.0559. The molecule has 1 amide bonds. The summed E-state index contributed by atoms with van der Waals surface area (Å²) in [4.78, 5) is 13.9. The average molecular weight is 609 g/mol. The first-order valence-corrected chi connectivity index (χ1v) is 14.7. The van der Waals surface area contributed by atoms with E-state index in [2.05, 4.69) is 26.3 Å². The zero-order valence-corrected chi connectivity index (χ0v) is 23.6. The maximum absolute atomic E-state index is 14.4. The molecule has 4 aliphatic rings. The van der Waals surface area contributed by atoms with Gasteiger partial charge in [-0.15, -0.1) is 0 Å². The second kappa shape index (κ2) is 9.59. The van der Waals surface area contributed by atoms with E-state index in [4.69, 9.17) is 16.7 Å². The van der Waals surface area contributed by atoms with Crippen LogP contribution in [0, 0.1) is 23.6 Å². The fourth-order valence-corrected chi connectivity index (χ4v) is 8.27. The Balaban J connectivity index is 1.22. The topological polar surface area (TPSA) is 64.7 Å². The van der Waals surface area contributed by atoms with E-state index in [1.807, 2.05) is 41.2 Å². The van der Waals surface area contributed by atoms with E-state index in [1.165, 1.54) is 25.3 Å². The normalized spacial score (nSPS) is 25.3. The number of carbonyl (C=O) groups is 1. The van der Waals surface area contributed by atoms with Crippen molar-refractivity contribution < 1.29 is 9.18 Å². The first-order valence-electron chi connectivity index (χ1n) is 13.5. The largest absolute Gasteiger partial charge is 0.304 e. The molecule has 2 aromatic heterocycles. The van der Waals surface area contributed by atoms with Gasteiger partial charge in [0.1, 0.15) is 5.82 Å². The number of hydrogen-bond donors (Lipinski definition) is 1. The maximum atomic E-state index is 14.4. The van der Waals surface area contributed by atoms with Crippen LogP contribution < -0.4 is 5.32 Å². The predicted octanol–water partition coefficient (Wildman–Crippen LogP) is 7.39. The Morgan fingerprint density at radius 2 is 1.69 bits per heavy atom. The third-order valence-corrected chi connectivity index (χ3v) is 9.79. The highest BCUT2D eigenvalue weighted by molar-refractivity contribution is 9.10. The van der Waals surface area contributed by atoms with Crippen LogP contribution in [0.2, 0.25) is 5.02 Å². The Kier molecular flexibility index (Phi) is 6.16. The monoisotopic (exact) mass is 607 g/mol. The van der Waals surface area contributed by atoms with E-state index in [1.54, 1.807) is 23.0 Å². The highest BCUT2D eigenvalue weighted by atomic mass is 79.9. The fraction of sp³-hybridized carbons (Fsp3) is 0.367. The number of amides is 1. The molecule has 0 unspecified atom stereocenters. The molecule has 200 valence electrons. The van der Waals surface area contributed by atoms with E-state index in [0.717, 1.165) is 48.4 Å². The lowest BCUT2D eigenvalue weighted by molar-refractivity contribution is -0.00765. The van der Waals surface area contributed by atoms with Gasteiger partial charge in [0.15, 0.2) is 5.82 Å². The van der Waals surface area contributed by atoms with Crippen LogP contribution in [0.15, 0.2) is 65.4 Å². The number of halogens is 3. The molecule has 2 heterocycles. The summed E-state index contributed by atoms with van der Waals surface area (Å²) >= 11 is 9.73. The van der Waals surface area contributed by atoms with Crippen molar-refractivity contribution in [2.75, 3.05) is 5.32 Å². The molecular weight excluding hydrogens is 581 g/mol. The second-order valence-electron chi connectivity index (χ2n) is 11.5. The fourth-order valence-electron chi connectivity index (χ4n) is 7.63. The zero-order valence-electron chi connectivity index (χ0n) is 21.3. The number of hydrogen-bond acceptors (Lipinski definition) is 3. The van der Waals surface area contributed by atoms with Crippen LogP contribution in [-0.4, -0.2) is 25.5 Å². The molecule has 4 aliphatic carbocycles. The number of nitrogens with one attached hydrogen (secondary N) is 1. The lowest BCUT2D eigenvalue weighted by Gasteiger charge is -2.56. The van der Waals surface area contributed by atoms with E-state index in [0.29, 0.717) is 26.4 Å². The molecule has 0 radical (unpaired) electrons. The summed E-state index contributed by atoms with van der Waals surface area (Å²) in [5, 5.41) is 13.0. The Morgan fingerprint density at radius 3 is 2.36 bits per heavy atom. The van der Waals surface area contributed by atoms with Crippen molar-refractivity contribution in [3.05, 3.63) is 93.1 Å². The van der Waals surface area contributed by atoms with Gasteiger partial charge in [-0.3, -0.25) is 9.48 Å². The van der Waals surface area contributed by atoms with Crippen molar-refractivity contribution in [2.45, 2.75) is 50.5 Å². The first kappa shape index (κ1) is 25.0. The third-order valence-electron chi connectivity index (χ3n) is 8.85. The van der Waals surface area contributed by atoms with Crippen LogP contribution in [0.1, 0.15) is 60.1 Å².